The first-order valence-corrected chi connectivity index (χ1v) is 14.3. The van der Waals surface area contributed by atoms with E-state index in [0.717, 1.165) is 37.2 Å². The zero-order valence-electron chi connectivity index (χ0n) is 19.4. The first-order chi connectivity index (χ1) is 15.7. The molecule has 1 fully saturated rings. The lowest BCUT2D eigenvalue weighted by Gasteiger charge is -2.35. The smallest absolute Gasteiger partial charge is 0.240 e. The van der Waals surface area contributed by atoms with E-state index in [1.54, 1.807) is 21.0 Å². The highest BCUT2D eigenvalue weighted by Crippen LogP contribution is 2.31. The number of likely N-dealkylation sites (tertiary alicyclic amines) is 1. The number of benzene rings is 2. The lowest BCUT2D eigenvalue weighted by Crippen LogP contribution is -2.40. The zero-order valence-corrected chi connectivity index (χ0v) is 21.0. The Bertz CT molecular complexity index is 1160. The second-order valence-electron chi connectivity index (χ2n) is 8.19. The third-order valence-corrected chi connectivity index (χ3v) is 8.80. The van der Waals surface area contributed by atoms with E-state index in [0.29, 0.717) is 11.3 Å². The van der Waals surface area contributed by atoms with Crippen LogP contribution in [0.5, 0.6) is 5.75 Å². The number of hydrogen-bond donors (Lipinski definition) is 2. The summed E-state index contributed by atoms with van der Waals surface area (Å²) in [6.45, 7) is 5.19. The second kappa shape index (κ2) is 10.9. The summed E-state index contributed by atoms with van der Waals surface area (Å²) in [7, 11) is -5.64. The van der Waals surface area contributed by atoms with Gasteiger partial charge in [0.25, 0.3) is 0 Å². The summed E-state index contributed by atoms with van der Waals surface area (Å²) < 4.78 is 60.8. The van der Waals surface area contributed by atoms with Crippen molar-refractivity contribution in [3.63, 3.8) is 0 Å². The number of sulfonamides is 2. The SMILES string of the molecule is CCS(=O)(=O)Nc1ccc(S(=O)(=O)NCC(c2ccccc2OC)N2CCCCC2)c(C)c1. The van der Waals surface area contributed by atoms with Crippen LogP contribution in [-0.2, 0) is 20.0 Å². The molecule has 1 unspecified atom stereocenters. The van der Waals surface area contributed by atoms with Crippen LogP contribution in [0.3, 0.4) is 0 Å². The molecule has 2 aromatic rings. The fraction of sp³-hybridized carbons (Fsp3) is 0.478. The minimum absolute atomic E-state index is 0.0610. The topological polar surface area (TPSA) is 105 Å². The number of aryl methyl sites for hydroxylation is 1. The number of hydrogen-bond acceptors (Lipinski definition) is 6. The monoisotopic (exact) mass is 495 g/mol. The number of piperidine rings is 1. The Labute approximate surface area is 197 Å². The van der Waals surface area contributed by atoms with Gasteiger partial charge in [-0.25, -0.2) is 21.6 Å². The van der Waals surface area contributed by atoms with E-state index in [4.69, 9.17) is 4.74 Å². The summed E-state index contributed by atoms with van der Waals surface area (Å²) in [5.74, 6) is 0.671. The Morgan fingerprint density at radius 1 is 1.03 bits per heavy atom. The Morgan fingerprint density at radius 3 is 2.36 bits per heavy atom. The van der Waals surface area contributed by atoms with Gasteiger partial charge in [-0.15, -0.1) is 0 Å². The molecule has 1 saturated heterocycles. The van der Waals surface area contributed by atoms with Gasteiger partial charge >= 0.3 is 0 Å². The highest BCUT2D eigenvalue weighted by atomic mass is 32.2. The van der Waals surface area contributed by atoms with E-state index in [2.05, 4.69) is 14.3 Å². The molecule has 3 rings (SSSR count). The predicted octanol–water partition coefficient (Wildman–Crippen LogP) is 3.27. The van der Waals surface area contributed by atoms with Crippen molar-refractivity contribution in [2.45, 2.75) is 44.0 Å². The van der Waals surface area contributed by atoms with Gasteiger partial charge in [-0.2, -0.15) is 0 Å². The van der Waals surface area contributed by atoms with Crippen LogP contribution in [0.15, 0.2) is 47.4 Å². The maximum Gasteiger partial charge on any atom is 0.240 e. The van der Waals surface area contributed by atoms with Crippen molar-refractivity contribution in [3.8, 4) is 5.75 Å². The molecule has 0 bridgehead atoms. The lowest BCUT2D eigenvalue weighted by molar-refractivity contribution is 0.162. The van der Waals surface area contributed by atoms with Crippen LogP contribution in [-0.4, -0.2) is 54.2 Å². The van der Waals surface area contributed by atoms with E-state index in [9.17, 15) is 16.8 Å². The van der Waals surface area contributed by atoms with Crippen LogP contribution in [0, 0.1) is 6.92 Å². The molecule has 182 valence electrons. The van der Waals surface area contributed by atoms with Crippen molar-refractivity contribution in [1.82, 2.24) is 9.62 Å². The van der Waals surface area contributed by atoms with Gasteiger partial charge in [-0.1, -0.05) is 24.6 Å². The van der Waals surface area contributed by atoms with E-state index in [1.165, 1.54) is 24.6 Å². The van der Waals surface area contributed by atoms with Crippen LogP contribution in [0.2, 0.25) is 0 Å². The van der Waals surface area contributed by atoms with Crippen molar-refractivity contribution < 1.29 is 21.6 Å². The average molecular weight is 496 g/mol. The molecule has 2 aromatic carbocycles. The van der Waals surface area contributed by atoms with Crippen LogP contribution in [0.25, 0.3) is 0 Å². The molecular formula is C23H33N3O5S2. The van der Waals surface area contributed by atoms with E-state index < -0.39 is 20.0 Å². The minimum Gasteiger partial charge on any atom is -0.496 e. The molecule has 0 amide bonds. The number of methoxy groups -OCH3 is 1. The van der Waals surface area contributed by atoms with Crippen molar-refractivity contribution in [1.29, 1.82) is 0 Å². The van der Waals surface area contributed by atoms with Gasteiger partial charge in [0.1, 0.15) is 5.75 Å². The van der Waals surface area contributed by atoms with Crippen molar-refractivity contribution in [2.24, 2.45) is 0 Å². The number of nitrogens with one attached hydrogen (secondary N) is 2. The maximum atomic E-state index is 13.2. The summed E-state index contributed by atoms with van der Waals surface area (Å²) >= 11 is 0. The molecule has 0 saturated carbocycles. The number of rotatable bonds is 10. The zero-order chi connectivity index (χ0) is 24.1. The number of nitrogens with zero attached hydrogens (tertiary/aromatic N) is 1. The standard InChI is InChI=1S/C23H33N3O5S2/c1-4-32(27,28)25-19-12-13-23(18(2)16-19)33(29,30)24-17-21(26-14-8-5-9-15-26)20-10-6-7-11-22(20)31-3/h6-7,10-13,16,21,24-25H,4-5,8-9,14-15,17H2,1-3H3. The Morgan fingerprint density at radius 2 is 1.73 bits per heavy atom. The summed E-state index contributed by atoms with van der Waals surface area (Å²) in [5.41, 5.74) is 1.75. The van der Waals surface area contributed by atoms with Gasteiger partial charge < -0.3 is 4.74 Å². The molecule has 1 aliphatic rings. The molecule has 1 heterocycles. The Hall–Kier alpha value is -2.14. The van der Waals surface area contributed by atoms with Gasteiger partial charge in [-0.3, -0.25) is 9.62 Å². The highest BCUT2D eigenvalue weighted by Gasteiger charge is 2.27. The summed E-state index contributed by atoms with van der Waals surface area (Å²) in [6.07, 6.45) is 3.33. The van der Waals surface area contributed by atoms with E-state index in [1.807, 2.05) is 24.3 Å². The molecule has 1 atom stereocenters. The molecule has 2 N–H and O–H groups in total. The average Bonchev–Trinajstić information content (AvgIpc) is 2.80. The molecule has 1 aliphatic heterocycles. The minimum atomic E-state index is -3.81. The van der Waals surface area contributed by atoms with Crippen LogP contribution >= 0.6 is 0 Å². The first kappa shape index (κ1) is 25.5. The van der Waals surface area contributed by atoms with Crippen LogP contribution in [0.1, 0.15) is 43.4 Å². The van der Waals surface area contributed by atoms with Gasteiger partial charge in [0.05, 0.1) is 23.8 Å². The van der Waals surface area contributed by atoms with Crippen molar-refractivity contribution >= 4 is 25.7 Å². The summed E-state index contributed by atoms with van der Waals surface area (Å²) in [5, 5.41) is 0. The van der Waals surface area contributed by atoms with E-state index >= 15 is 0 Å². The summed E-state index contributed by atoms with van der Waals surface area (Å²) in [6, 6.07) is 12.0. The fourth-order valence-electron chi connectivity index (χ4n) is 4.14. The lowest BCUT2D eigenvalue weighted by atomic mass is 10.0. The molecule has 10 heteroatoms. The van der Waals surface area contributed by atoms with Crippen molar-refractivity contribution in [2.75, 3.05) is 37.2 Å². The molecule has 0 aliphatic carbocycles. The predicted molar refractivity (Wildman–Crippen MR) is 131 cm³/mol. The Balaban J connectivity index is 1.83. The van der Waals surface area contributed by atoms with Gasteiger partial charge in [0.2, 0.25) is 20.0 Å². The molecular weight excluding hydrogens is 462 g/mol. The van der Waals surface area contributed by atoms with Crippen molar-refractivity contribution in [3.05, 3.63) is 53.6 Å². The molecule has 0 aromatic heterocycles. The third kappa shape index (κ3) is 6.47. The molecule has 0 spiro atoms. The third-order valence-electron chi connectivity index (χ3n) is 5.91. The van der Waals surface area contributed by atoms with Gasteiger partial charge in [0, 0.05) is 17.8 Å². The highest BCUT2D eigenvalue weighted by molar-refractivity contribution is 7.92. The van der Waals surface area contributed by atoms with Gasteiger partial charge in [-0.05, 0) is 69.6 Å². The normalized spacial score (nSPS) is 16.3. The Kier molecular flexibility index (Phi) is 8.38. The second-order valence-corrected chi connectivity index (χ2v) is 11.9. The molecule has 0 radical (unpaired) electrons. The number of ether oxygens (including phenoxy) is 1. The quantitative estimate of drug-likeness (QED) is 0.524. The fourth-order valence-corrected chi connectivity index (χ4v) is 6.03. The first-order valence-electron chi connectivity index (χ1n) is 11.1. The van der Waals surface area contributed by atoms with Gasteiger partial charge in [0.15, 0.2) is 0 Å². The maximum absolute atomic E-state index is 13.2. The van der Waals surface area contributed by atoms with Crippen LogP contribution < -0.4 is 14.2 Å². The summed E-state index contributed by atoms with van der Waals surface area (Å²) in [4.78, 5) is 2.43. The van der Waals surface area contributed by atoms with Crippen LogP contribution in [0.4, 0.5) is 5.69 Å². The largest absolute Gasteiger partial charge is 0.496 e. The molecule has 8 nitrogen and oxygen atoms in total. The number of para-hydroxylation sites is 1. The number of anilines is 1. The van der Waals surface area contributed by atoms with E-state index in [-0.39, 0.29) is 23.2 Å². The molecule has 33 heavy (non-hydrogen) atoms.